The van der Waals surface area contributed by atoms with E-state index in [0.717, 1.165) is 0 Å². The second-order valence-electron chi connectivity index (χ2n) is 3.30. The van der Waals surface area contributed by atoms with E-state index >= 15 is 0 Å². The van der Waals surface area contributed by atoms with E-state index in [0.29, 0.717) is 5.56 Å². The summed E-state index contributed by atoms with van der Waals surface area (Å²) in [7, 11) is 0. The van der Waals surface area contributed by atoms with E-state index < -0.39 is 18.8 Å². The quantitative estimate of drug-likeness (QED) is 0.734. The molecule has 3 nitrogen and oxygen atoms in total. The zero-order chi connectivity index (χ0) is 11.8. The molecule has 0 saturated carbocycles. The van der Waals surface area contributed by atoms with E-state index in [9.17, 15) is 18.0 Å². The zero-order valence-corrected chi connectivity index (χ0v) is 8.00. The Labute approximate surface area is 88.8 Å². The fraction of sp³-hybridized carbons (Fsp3) is 0.300. The first-order valence-electron chi connectivity index (χ1n) is 4.45. The molecule has 86 valence electrons. The van der Waals surface area contributed by atoms with Crippen molar-refractivity contribution in [3.8, 4) is 5.75 Å². The number of carbonyl (C=O) groups is 1. The third-order valence-electron chi connectivity index (χ3n) is 2.06. The number of alkyl halides is 3. The molecule has 2 rings (SSSR count). The van der Waals surface area contributed by atoms with Gasteiger partial charge in [0.25, 0.3) is 0 Å². The molecule has 0 aromatic heterocycles. The number of halogens is 3. The summed E-state index contributed by atoms with van der Waals surface area (Å²) in [6.45, 7) is -1.21. The van der Waals surface area contributed by atoms with Gasteiger partial charge in [0.15, 0.2) is 6.61 Å². The Morgan fingerprint density at radius 3 is 2.81 bits per heavy atom. The van der Waals surface area contributed by atoms with Crippen LogP contribution in [0.25, 0.3) is 0 Å². The van der Waals surface area contributed by atoms with Gasteiger partial charge in [-0.05, 0) is 12.1 Å². The van der Waals surface area contributed by atoms with Crippen molar-refractivity contribution >= 4 is 5.97 Å². The average molecular weight is 232 g/mol. The average Bonchev–Trinajstić information content (AvgIpc) is 2.56. The van der Waals surface area contributed by atoms with Gasteiger partial charge in [-0.1, -0.05) is 6.07 Å². The van der Waals surface area contributed by atoms with Crippen LogP contribution in [0.2, 0.25) is 0 Å². The van der Waals surface area contributed by atoms with Crippen LogP contribution in [0.5, 0.6) is 5.75 Å². The van der Waals surface area contributed by atoms with Crippen LogP contribution >= 0.6 is 0 Å². The van der Waals surface area contributed by atoms with Gasteiger partial charge in [0, 0.05) is 5.56 Å². The number of esters is 1. The van der Waals surface area contributed by atoms with E-state index in [2.05, 4.69) is 4.74 Å². The summed E-state index contributed by atoms with van der Waals surface area (Å²) in [6, 6.07) is 4.16. The number of benzene rings is 1. The van der Waals surface area contributed by atoms with Crippen molar-refractivity contribution < 1.29 is 27.4 Å². The first-order chi connectivity index (χ1) is 7.46. The molecule has 1 aromatic rings. The summed E-state index contributed by atoms with van der Waals surface area (Å²) < 4.78 is 44.8. The maximum Gasteiger partial charge on any atom is 0.422 e. The van der Waals surface area contributed by atoms with Gasteiger partial charge in [0.1, 0.15) is 12.4 Å². The summed E-state index contributed by atoms with van der Waals surface area (Å²) >= 11 is 0. The Balaban J connectivity index is 2.13. The molecule has 0 bridgehead atoms. The number of fused-ring (bicyclic) bond motifs is 1. The number of cyclic esters (lactones) is 1. The Bertz CT molecular complexity index is 426. The minimum Gasteiger partial charge on any atom is -0.484 e. The van der Waals surface area contributed by atoms with Crippen molar-refractivity contribution in [2.45, 2.75) is 12.8 Å². The van der Waals surface area contributed by atoms with Crippen molar-refractivity contribution in [3.05, 3.63) is 29.3 Å². The molecule has 6 heteroatoms. The van der Waals surface area contributed by atoms with Crippen LogP contribution in [0.4, 0.5) is 13.2 Å². The lowest BCUT2D eigenvalue weighted by molar-refractivity contribution is -0.153. The van der Waals surface area contributed by atoms with Gasteiger partial charge >= 0.3 is 12.1 Å². The molecule has 0 amide bonds. The molecule has 16 heavy (non-hydrogen) atoms. The highest BCUT2D eigenvalue weighted by Crippen LogP contribution is 2.25. The van der Waals surface area contributed by atoms with Gasteiger partial charge in [-0.25, -0.2) is 4.79 Å². The van der Waals surface area contributed by atoms with Crippen LogP contribution in [0.3, 0.4) is 0 Å². The van der Waals surface area contributed by atoms with E-state index in [4.69, 9.17) is 4.74 Å². The lowest BCUT2D eigenvalue weighted by atomic mass is 10.1. The molecule has 0 saturated heterocycles. The Hall–Kier alpha value is -1.72. The number of carbonyl (C=O) groups excluding carboxylic acids is 1. The summed E-state index contributed by atoms with van der Waals surface area (Å²) in [4.78, 5) is 11.1. The standard InChI is InChI=1S/C10H7F3O3/c11-10(12,13)5-16-7-2-1-6-4-15-9(14)8(6)3-7/h1-3H,4-5H2. The third kappa shape index (κ3) is 2.26. The number of hydrogen-bond donors (Lipinski definition) is 0. The largest absolute Gasteiger partial charge is 0.484 e. The second kappa shape index (κ2) is 3.70. The summed E-state index contributed by atoms with van der Waals surface area (Å²) in [5, 5.41) is 0. The first-order valence-corrected chi connectivity index (χ1v) is 4.45. The SMILES string of the molecule is O=C1OCc2ccc(OCC(F)(F)F)cc21. The molecule has 0 atom stereocenters. The van der Waals surface area contributed by atoms with Gasteiger partial charge < -0.3 is 9.47 Å². The van der Waals surface area contributed by atoms with Crippen molar-refractivity contribution in [1.82, 2.24) is 0 Å². The van der Waals surface area contributed by atoms with E-state index in [1.807, 2.05) is 0 Å². The van der Waals surface area contributed by atoms with E-state index in [1.54, 1.807) is 0 Å². The maximum absolute atomic E-state index is 11.9. The van der Waals surface area contributed by atoms with E-state index in [1.165, 1.54) is 18.2 Å². The predicted molar refractivity (Wildman–Crippen MR) is 47.1 cm³/mol. The summed E-state index contributed by atoms with van der Waals surface area (Å²) in [5.41, 5.74) is 0.920. The van der Waals surface area contributed by atoms with Crippen LogP contribution in [-0.2, 0) is 11.3 Å². The van der Waals surface area contributed by atoms with Gasteiger partial charge in [0.05, 0.1) is 5.56 Å². The number of ether oxygens (including phenoxy) is 2. The number of rotatable bonds is 2. The highest BCUT2D eigenvalue weighted by atomic mass is 19.4. The Kier molecular flexibility index (Phi) is 2.49. The molecule has 1 aromatic carbocycles. The molecule has 0 spiro atoms. The van der Waals surface area contributed by atoms with Crippen LogP contribution in [0.15, 0.2) is 18.2 Å². The fourth-order valence-corrected chi connectivity index (χ4v) is 1.35. The zero-order valence-electron chi connectivity index (χ0n) is 8.00. The predicted octanol–water partition coefficient (Wildman–Crippen LogP) is 2.30. The topological polar surface area (TPSA) is 35.5 Å². The van der Waals surface area contributed by atoms with Gasteiger partial charge in [-0.2, -0.15) is 13.2 Å². The molecule has 0 radical (unpaired) electrons. The van der Waals surface area contributed by atoms with E-state index in [-0.39, 0.29) is 17.9 Å². The highest BCUT2D eigenvalue weighted by molar-refractivity contribution is 5.93. The Morgan fingerprint density at radius 2 is 2.12 bits per heavy atom. The van der Waals surface area contributed by atoms with Crippen LogP contribution in [0, 0.1) is 0 Å². The lowest BCUT2D eigenvalue weighted by Gasteiger charge is -2.09. The first kappa shape index (κ1) is 10.8. The van der Waals surface area contributed by atoms with Crippen LogP contribution in [-0.4, -0.2) is 18.8 Å². The molecular formula is C10H7F3O3. The lowest BCUT2D eigenvalue weighted by Crippen LogP contribution is -2.19. The van der Waals surface area contributed by atoms with Gasteiger partial charge in [-0.3, -0.25) is 0 Å². The molecule has 1 aliphatic rings. The van der Waals surface area contributed by atoms with Crippen molar-refractivity contribution in [1.29, 1.82) is 0 Å². The van der Waals surface area contributed by atoms with Crippen LogP contribution in [0.1, 0.15) is 15.9 Å². The molecule has 1 aliphatic heterocycles. The maximum atomic E-state index is 11.9. The second-order valence-corrected chi connectivity index (χ2v) is 3.30. The minimum absolute atomic E-state index is 0.00919. The molecular weight excluding hydrogens is 225 g/mol. The molecule has 0 unspecified atom stereocenters. The number of hydrogen-bond acceptors (Lipinski definition) is 3. The van der Waals surface area contributed by atoms with Crippen molar-refractivity contribution in [3.63, 3.8) is 0 Å². The third-order valence-corrected chi connectivity index (χ3v) is 2.06. The van der Waals surface area contributed by atoms with Crippen molar-refractivity contribution in [2.75, 3.05) is 6.61 Å². The molecule has 0 N–H and O–H groups in total. The molecule has 0 fully saturated rings. The van der Waals surface area contributed by atoms with Crippen molar-refractivity contribution in [2.24, 2.45) is 0 Å². The van der Waals surface area contributed by atoms with Gasteiger partial charge in [0.2, 0.25) is 0 Å². The summed E-state index contributed by atoms with van der Waals surface area (Å²) in [5.74, 6) is -0.526. The Morgan fingerprint density at radius 1 is 1.38 bits per heavy atom. The normalized spacial score (nSPS) is 14.6. The summed E-state index contributed by atoms with van der Waals surface area (Å²) in [6.07, 6.45) is -4.39. The van der Waals surface area contributed by atoms with Crippen LogP contribution < -0.4 is 4.74 Å². The molecule has 0 aliphatic carbocycles. The smallest absolute Gasteiger partial charge is 0.422 e. The molecule has 1 heterocycles. The monoisotopic (exact) mass is 232 g/mol. The fourth-order valence-electron chi connectivity index (χ4n) is 1.35. The minimum atomic E-state index is -4.39. The van der Waals surface area contributed by atoms with Gasteiger partial charge in [-0.15, -0.1) is 0 Å². The highest BCUT2D eigenvalue weighted by Gasteiger charge is 2.29.